The van der Waals surface area contributed by atoms with Crippen LogP contribution in [0.4, 0.5) is 0 Å². The van der Waals surface area contributed by atoms with E-state index in [4.69, 9.17) is 0 Å². The Morgan fingerprint density at radius 2 is 1.86 bits per heavy atom. The van der Waals surface area contributed by atoms with Crippen LogP contribution >= 0.6 is 12.6 Å². The molecule has 0 saturated carbocycles. The molecule has 0 bridgehead atoms. The van der Waals surface area contributed by atoms with Gasteiger partial charge in [0.15, 0.2) is 0 Å². The van der Waals surface area contributed by atoms with E-state index in [2.05, 4.69) is 12.6 Å². The summed E-state index contributed by atoms with van der Waals surface area (Å²) in [6.07, 6.45) is 2.87. The Bertz CT molecular complexity index is 212. The van der Waals surface area contributed by atoms with Gasteiger partial charge in [-0.05, 0) is 24.5 Å². The van der Waals surface area contributed by atoms with E-state index in [0.717, 1.165) is 18.6 Å². The Balaban J connectivity index is 2.42. The molecule has 0 radical (unpaired) electrons. The number of nitrogens with zero attached hydrogens (tertiary/aromatic N) is 1. The van der Waals surface area contributed by atoms with E-state index >= 15 is 0 Å². The molecule has 0 aromatic rings. The molecular weight excluding hydrogens is 198 g/mol. The van der Waals surface area contributed by atoms with Crippen LogP contribution in [0.2, 0.25) is 0 Å². The number of unbranched alkanes of at least 4 members (excludes halogenated alkanes) is 1. The van der Waals surface area contributed by atoms with Gasteiger partial charge in [0.05, 0.1) is 0 Å². The van der Waals surface area contributed by atoms with E-state index in [1.165, 1.54) is 4.90 Å². The molecule has 1 heterocycles. The molecule has 1 rings (SSSR count). The topological polar surface area (TPSA) is 37.4 Å². The number of carbonyl (C=O) groups excluding carboxylic acids is 2. The highest BCUT2D eigenvalue weighted by molar-refractivity contribution is 7.80. The smallest absolute Gasteiger partial charge is 0.229 e. The van der Waals surface area contributed by atoms with Gasteiger partial charge < -0.3 is 0 Å². The highest BCUT2D eigenvalue weighted by Gasteiger charge is 2.29. The second kappa shape index (κ2) is 5.39. The zero-order valence-electron chi connectivity index (χ0n) is 8.53. The van der Waals surface area contributed by atoms with Crippen LogP contribution in [0.15, 0.2) is 0 Å². The average Bonchev–Trinajstić information content (AvgIpc) is 2.09. The normalized spacial score (nSPS) is 19.1. The third-order valence-electron chi connectivity index (χ3n) is 2.44. The van der Waals surface area contributed by atoms with Gasteiger partial charge in [-0.15, -0.1) is 0 Å². The zero-order chi connectivity index (χ0) is 10.6. The molecule has 80 valence electrons. The molecule has 0 unspecified atom stereocenters. The van der Waals surface area contributed by atoms with Crippen LogP contribution < -0.4 is 0 Å². The molecule has 1 aliphatic heterocycles. The van der Waals surface area contributed by atoms with Crippen molar-refractivity contribution >= 4 is 24.4 Å². The SMILES string of the molecule is CC1CC(=O)N(CCCCS)C(=O)C1. The Labute approximate surface area is 90.3 Å². The van der Waals surface area contributed by atoms with Gasteiger partial charge in [0.1, 0.15) is 0 Å². The van der Waals surface area contributed by atoms with Crippen molar-refractivity contribution in [2.24, 2.45) is 5.92 Å². The van der Waals surface area contributed by atoms with Crippen LogP contribution in [0.25, 0.3) is 0 Å². The molecule has 4 heteroatoms. The van der Waals surface area contributed by atoms with Gasteiger partial charge in [-0.2, -0.15) is 12.6 Å². The quantitative estimate of drug-likeness (QED) is 0.438. The molecule has 14 heavy (non-hydrogen) atoms. The summed E-state index contributed by atoms with van der Waals surface area (Å²) < 4.78 is 0. The fraction of sp³-hybridized carbons (Fsp3) is 0.800. The minimum absolute atomic E-state index is 0.00656. The first kappa shape index (κ1) is 11.6. The van der Waals surface area contributed by atoms with Crippen molar-refractivity contribution in [1.29, 1.82) is 0 Å². The zero-order valence-corrected chi connectivity index (χ0v) is 9.43. The predicted octanol–water partition coefficient (Wildman–Crippen LogP) is 1.48. The van der Waals surface area contributed by atoms with E-state index in [9.17, 15) is 9.59 Å². The molecule has 0 spiro atoms. The van der Waals surface area contributed by atoms with Crippen molar-refractivity contribution in [2.45, 2.75) is 32.6 Å². The summed E-state index contributed by atoms with van der Waals surface area (Å²) in [4.78, 5) is 24.4. The van der Waals surface area contributed by atoms with Crippen molar-refractivity contribution < 1.29 is 9.59 Å². The number of rotatable bonds is 4. The molecule has 0 atom stereocenters. The van der Waals surface area contributed by atoms with Crippen LogP contribution in [0.3, 0.4) is 0 Å². The summed E-state index contributed by atoms with van der Waals surface area (Å²) in [6.45, 7) is 2.52. The van der Waals surface area contributed by atoms with Gasteiger partial charge in [-0.3, -0.25) is 14.5 Å². The summed E-state index contributed by atoms with van der Waals surface area (Å²) in [6, 6.07) is 0. The lowest BCUT2D eigenvalue weighted by molar-refractivity contribution is -0.149. The Morgan fingerprint density at radius 1 is 1.29 bits per heavy atom. The molecule has 1 aliphatic rings. The van der Waals surface area contributed by atoms with E-state index < -0.39 is 0 Å². The summed E-state index contributed by atoms with van der Waals surface area (Å²) >= 11 is 4.09. The molecule has 1 saturated heterocycles. The Kier molecular flexibility index (Phi) is 4.45. The molecule has 2 amide bonds. The van der Waals surface area contributed by atoms with Gasteiger partial charge in [0, 0.05) is 19.4 Å². The van der Waals surface area contributed by atoms with Gasteiger partial charge in [0.2, 0.25) is 11.8 Å². The number of hydrogen-bond acceptors (Lipinski definition) is 3. The maximum absolute atomic E-state index is 11.5. The third kappa shape index (κ3) is 3.01. The number of likely N-dealkylation sites (tertiary alicyclic amines) is 1. The fourth-order valence-corrected chi connectivity index (χ4v) is 1.88. The van der Waals surface area contributed by atoms with E-state index in [1.807, 2.05) is 6.92 Å². The molecular formula is C10H17NO2S. The predicted molar refractivity (Wildman–Crippen MR) is 58.2 cm³/mol. The Morgan fingerprint density at radius 3 is 2.36 bits per heavy atom. The molecule has 0 aromatic carbocycles. The summed E-state index contributed by atoms with van der Waals surface area (Å²) in [5, 5.41) is 0. The van der Waals surface area contributed by atoms with E-state index in [0.29, 0.717) is 19.4 Å². The van der Waals surface area contributed by atoms with Crippen LogP contribution in [-0.2, 0) is 9.59 Å². The van der Waals surface area contributed by atoms with Crippen molar-refractivity contribution in [1.82, 2.24) is 4.90 Å². The number of amides is 2. The largest absolute Gasteiger partial charge is 0.283 e. The third-order valence-corrected chi connectivity index (χ3v) is 2.75. The van der Waals surface area contributed by atoms with E-state index in [-0.39, 0.29) is 17.7 Å². The Hall–Kier alpha value is -0.510. The molecule has 1 fully saturated rings. The molecule has 0 aliphatic carbocycles. The fourth-order valence-electron chi connectivity index (χ4n) is 1.66. The highest BCUT2D eigenvalue weighted by Crippen LogP contribution is 2.18. The molecule has 0 N–H and O–H groups in total. The molecule has 0 aromatic heterocycles. The first-order valence-electron chi connectivity index (χ1n) is 5.09. The number of piperidine rings is 1. The highest BCUT2D eigenvalue weighted by atomic mass is 32.1. The van der Waals surface area contributed by atoms with Gasteiger partial charge in [-0.25, -0.2) is 0 Å². The van der Waals surface area contributed by atoms with Crippen LogP contribution in [0.1, 0.15) is 32.6 Å². The molecule has 3 nitrogen and oxygen atoms in total. The van der Waals surface area contributed by atoms with Crippen LogP contribution in [0, 0.1) is 5.92 Å². The van der Waals surface area contributed by atoms with Crippen molar-refractivity contribution in [3.8, 4) is 0 Å². The van der Waals surface area contributed by atoms with Crippen LogP contribution in [0.5, 0.6) is 0 Å². The van der Waals surface area contributed by atoms with Gasteiger partial charge in [0.25, 0.3) is 0 Å². The second-order valence-corrected chi connectivity index (χ2v) is 4.33. The summed E-state index contributed by atoms with van der Waals surface area (Å²) in [7, 11) is 0. The van der Waals surface area contributed by atoms with Crippen molar-refractivity contribution in [3.05, 3.63) is 0 Å². The van der Waals surface area contributed by atoms with E-state index in [1.54, 1.807) is 0 Å². The maximum atomic E-state index is 11.5. The lowest BCUT2D eigenvalue weighted by Crippen LogP contribution is -2.43. The van der Waals surface area contributed by atoms with Crippen molar-refractivity contribution in [2.75, 3.05) is 12.3 Å². The number of hydrogen-bond donors (Lipinski definition) is 1. The first-order valence-corrected chi connectivity index (χ1v) is 5.72. The standard InChI is InChI=1S/C10H17NO2S/c1-8-6-9(12)11(10(13)7-8)4-2-3-5-14/h8,14H,2-7H2,1H3. The number of carbonyl (C=O) groups is 2. The van der Waals surface area contributed by atoms with Crippen molar-refractivity contribution in [3.63, 3.8) is 0 Å². The maximum Gasteiger partial charge on any atom is 0.229 e. The number of imide groups is 1. The first-order chi connectivity index (χ1) is 6.65. The lowest BCUT2D eigenvalue weighted by Gasteiger charge is -2.28. The minimum Gasteiger partial charge on any atom is -0.283 e. The van der Waals surface area contributed by atoms with Gasteiger partial charge >= 0.3 is 0 Å². The summed E-state index contributed by atoms with van der Waals surface area (Å²) in [5.41, 5.74) is 0. The second-order valence-electron chi connectivity index (χ2n) is 3.88. The lowest BCUT2D eigenvalue weighted by atomic mass is 9.97. The summed E-state index contributed by atoms with van der Waals surface area (Å²) in [5.74, 6) is 1.02. The average molecular weight is 215 g/mol. The number of thiol groups is 1. The van der Waals surface area contributed by atoms with Crippen LogP contribution in [-0.4, -0.2) is 29.0 Å². The van der Waals surface area contributed by atoms with Gasteiger partial charge in [-0.1, -0.05) is 6.92 Å². The monoisotopic (exact) mass is 215 g/mol. The minimum atomic E-state index is -0.00656.